The Morgan fingerprint density at radius 1 is 1.24 bits per heavy atom. The maximum Gasteiger partial charge on any atom is 0.337 e. The van der Waals surface area contributed by atoms with Crippen LogP contribution in [0.2, 0.25) is 0 Å². The van der Waals surface area contributed by atoms with Gasteiger partial charge in [-0.1, -0.05) is 18.2 Å². The van der Waals surface area contributed by atoms with Crippen LogP contribution in [0.5, 0.6) is 5.75 Å². The van der Waals surface area contributed by atoms with E-state index in [1.54, 1.807) is 24.3 Å². The van der Waals surface area contributed by atoms with Gasteiger partial charge in [-0.3, -0.25) is 10.1 Å². The number of esters is 1. The van der Waals surface area contributed by atoms with Gasteiger partial charge < -0.3 is 9.84 Å². The van der Waals surface area contributed by atoms with Crippen LogP contribution in [-0.2, 0) is 11.2 Å². The molecule has 108 valence electrons. The summed E-state index contributed by atoms with van der Waals surface area (Å²) in [7, 11) is 1.27. The first kappa shape index (κ1) is 14.5. The minimum absolute atomic E-state index is 0.0174. The summed E-state index contributed by atoms with van der Waals surface area (Å²) in [5, 5.41) is 20.5. The van der Waals surface area contributed by atoms with Crippen LogP contribution in [0.25, 0.3) is 0 Å². The highest BCUT2D eigenvalue weighted by molar-refractivity contribution is 5.89. The fourth-order valence-electron chi connectivity index (χ4n) is 1.91. The van der Waals surface area contributed by atoms with Gasteiger partial charge in [0.2, 0.25) is 0 Å². The van der Waals surface area contributed by atoms with E-state index in [0.717, 1.165) is 5.56 Å². The van der Waals surface area contributed by atoms with Crippen LogP contribution in [0.15, 0.2) is 42.5 Å². The molecule has 0 bridgehead atoms. The number of carbonyl (C=O) groups excluding carboxylic acids is 1. The summed E-state index contributed by atoms with van der Waals surface area (Å²) in [6.07, 6.45) is 0.408. The van der Waals surface area contributed by atoms with Gasteiger partial charge >= 0.3 is 5.97 Å². The second-order valence-corrected chi connectivity index (χ2v) is 4.44. The van der Waals surface area contributed by atoms with Crippen LogP contribution in [0.4, 0.5) is 5.69 Å². The van der Waals surface area contributed by atoms with E-state index in [4.69, 9.17) is 0 Å². The van der Waals surface area contributed by atoms with E-state index >= 15 is 0 Å². The molecule has 6 heteroatoms. The lowest BCUT2D eigenvalue weighted by Gasteiger charge is -2.07. The lowest BCUT2D eigenvalue weighted by atomic mass is 10.0. The number of ether oxygens (including phenoxy) is 1. The molecule has 0 unspecified atom stereocenters. The number of nitrogens with zero attached hydrogens (tertiary/aromatic N) is 1. The highest BCUT2D eigenvalue weighted by Crippen LogP contribution is 2.23. The molecule has 21 heavy (non-hydrogen) atoms. The Bertz CT molecular complexity index is 679. The number of hydrogen-bond donors (Lipinski definition) is 1. The van der Waals surface area contributed by atoms with E-state index < -0.39 is 10.9 Å². The highest BCUT2D eigenvalue weighted by atomic mass is 16.6. The van der Waals surface area contributed by atoms with Crippen molar-refractivity contribution < 1.29 is 19.6 Å². The van der Waals surface area contributed by atoms with Gasteiger partial charge in [-0.15, -0.1) is 0 Å². The molecule has 0 saturated heterocycles. The van der Waals surface area contributed by atoms with E-state index in [1.807, 2.05) is 0 Å². The fourth-order valence-corrected chi connectivity index (χ4v) is 1.91. The molecule has 1 N–H and O–H groups in total. The quantitative estimate of drug-likeness (QED) is 0.530. The SMILES string of the molecule is COC(=O)c1ccc(Cc2ccc([N+](=O)[O-])cc2)c(O)c1. The Kier molecular flexibility index (Phi) is 4.18. The maximum atomic E-state index is 11.3. The number of phenolic OH excluding ortho intramolecular Hbond substituents is 1. The van der Waals surface area contributed by atoms with Crippen LogP contribution in [0.3, 0.4) is 0 Å². The number of phenols is 1. The van der Waals surface area contributed by atoms with Crippen LogP contribution in [0, 0.1) is 10.1 Å². The first-order chi connectivity index (χ1) is 10.0. The van der Waals surface area contributed by atoms with Gasteiger partial charge in [0, 0.05) is 18.6 Å². The Balaban J connectivity index is 2.19. The predicted molar refractivity (Wildman–Crippen MR) is 75.3 cm³/mol. The summed E-state index contributed by atoms with van der Waals surface area (Å²) in [6, 6.07) is 10.6. The third-order valence-corrected chi connectivity index (χ3v) is 3.05. The lowest BCUT2D eigenvalue weighted by Crippen LogP contribution is -2.01. The molecule has 0 saturated carbocycles. The third-order valence-electron chi connectivity index (χ3n) is 3.05. The summed E-state index contributed by atoms with van der Waals surface area (Å²) in [5.41, 5.74) is 1.73. The topological polar surface area (TPSA) is 89.7 Å². The highest BCUT2D eigenvalue weighted by Gasteiger charge is 2.10. The fraction of sp³-hybridized carbons (Fsp3) is 0.133. The van der Waals surface area contributed by atoms with Crippen molar-refractivity contribution in [3.05, 3.63) is 69.3 Å². The first-order valence-corrected chi connectivity index (χ1v) is 6.15. The van der Waals surface area contributed by atoms with Gasteiger partial charge in [0.25, 0.3) is 5.69 Å². The van der Waals surface area contributed by atoms with Crippen molar-refractivity contribution in [2.45, 2.75) is 6.42 Å². The second kappa shape index (κ2) is 6.04. The van der Waals surface area contributed by atoms with Gasteiger partial charge in [0.15, 0.2) is 0 Å². The largest absolute Gasteiger partial charge is 0.508 e. The summed E-state index contributed by atoms with van der Waals surface area (Å²) >= 11 is 0. The van der Waals surface area contributed by atoms with E-state index in [9.17, 15) is 20.0 Å². The van der Waals surface area contributed by atoms with Gasteiger partial charge in [-0.25, -0.2) is 4.79 Å². The number of hydrogen-bond acceptors (Lipinski definition) is 5. The average molecular weight is 287 g/mol. The molecule has 2 aromatic carbocycles. The monoisotopic (exact) mass is 287 g/mol. The molecule has 0 spiro atoms. The Morgan fingerprint density at radius 2 is 1.90 bits per heavy atom. The number of non-ortho nitro benzene ring substituents is 1. The average Bonchev–Trinajstić information content (AvgIpc) is 2.49. The zero-order valence-corrected chi connectivity index (χ0v) is 11.3. The molecular formula is C15H13NO5. The van der Waals surface area contributed by atoms with Crippen LogP contribution in [-0.4, -0.2) is 23.1 Å². The molecule has 0 aromatic heterocycles. The summed E-state index contributed by atoms with van der Waals surface area (Å²) in [6.45, 7) is 0. The van der Waals surface area contributed by atoms with Crippen LogP contribution < -0.4 is 0 Å². The van der Waals surface area contributed by atoms with Crippen molar-refractivity contribution in [2.24, 2.45) is 0 Å². The van der Waals surface area contributed by atoms with Crippen molar-refractivity contribution in [3.8, 4) is 5.75 Å². The van der Waals surface area contributed by atoms with Crippen molar-refractivity contribution in [1.29, 1.82) is 0 Å². The number of carbonyl (C=O) groups is 1. The van der Waals surface area contributed by atoms with Gasteiger partial charge in [-0.05, 0) is 23.3 Å². The molecular weight excluding hydrogens is 274 g/mol. The van der Waals surface area contributed by atoms with Gasteiger partial charge in [-0.2, -0.15) is 0 Å². The summed E-state index contributed by atoms with van der Waals surface area (Å²) < 4.78 is 4.57. The van der Waals surface area contributed by atoms with Crippen LogP contribution >= 0.6 is 0 Å². The number of nitro groups is 1. The summed E-state index contributed by atoms with van der Waals surface area (Å²) in [4.78, 5) is 21.4. The standard InChI is InChI=1S/C15H13NO5/c1-21-15(18)12-5-4-11(14(17)9-12)8-10-2-6-13(7-3-10)16(19)20/h2-7,9,17H,8H2,1H3. The number of aromatic hydroxyl groups is 1. The zero-order chi connectivity index (χ0) is 15.4. The third kappa shape index (κ3) is 3.36. The second-order valence-electron chi connectivity index (χ2n) is 4.44. The molecule has 0 aliphatic rings. The number of benzene rings is 2. The predicted octanol–water partition coefficient (Wildman–Crippen LogP) is 2.68. The van der Waals surface area contributed by atoms with E-state index in [1.165, 1.54) is 25.3 Å². The van der Waals surface area contributed by atoms with Crippen molar-refractivity contribution in [2.75, 3.05) is 7.11 Å². The minimum atomic E-state index is -0.521. The molecule has 0 amide bonds. The Labute approximate surface area is 120 Å². The molecule has 0 fully saturated rings. The normalized spacial score (nSPS) is 10.1. The Hall–Kier alpha value is -2.89. The molecule has 0 radical (unpaired) electrons. The summed E-state index contributed by atoms with van der Waals surface area (Å²) in [5.74, 6) is -0.538. The number of nitro benzene ring substituents is 1. The molecule has 0 heterocycles. The van der Waals surface area contributed by atoms with E-state index in [-0.39, 0.29) is 17.0 Å². The number of methoxy groups -OCH3 is 1. The van der Waals surface area contributed by atoms with Gasteiger partial charge in [0.1, 0.15) is 5.75 Å². The Morgan fingerprint density at radius 3 is 2.43 bits per heavy atom. The minimum Gasteiger partial charge on any atom is -0.508 e. The van der Waals surface area contributed by atoms with Crippen molar-refractivity contribution >= 4 is 11.7 Å². The maximum absolute atomic E-state index is 11.3. The van der Waals surface area contributed by atoms with E-state index in [0.29, 0.717) is 12.0 Å². The molecule has 0 aliphatic heterocycles. The lowest BCUT2D eigenvalue weighted by molar-refractivity contribution is -0.384. The van der Waals surface area contributed by atoms with Crippen molar-refractivity contribution in [3.63, 3.8) is 0 Å². The zero-order valence-electron chi connectivity index (χ0n) is 11.3. The molecule has 2 aromatic rings. The molecule has 2 rings (SSSR count). The number of rotatable bonds is 4. The smallest absolute Gasteiger partial charge is 0.337 e. The van der Waals surface area contributed by atoms with E-state index in [2.05, 4.69) is 4.74 Å². The van der Waals surface area contributed by atoms with Crippen molar-refractivity contribution in [1.82, 2.24) is 0 Å². The molecule has 6 nitrogen and oxygen atoms in total. The van der Waals surface area contributed by atoms with Gasteiger partial charge in [0.05, 0.1) is 17.6 Å². The molecule has 0 aliphatic carbocycles. The first-order valence-electron chi connectivity index (χ1n) is 6.15. The molecule has 0 atom stereocenters. The van der Waals surface area contributed by atoms with Crippen LogP contribution in [0.1, 0.15) is 21.5 Å².